The number of halogens is 2. The number of rotatable bonds is 1. The molecule has 2 rings (SSSR count). The maximum atomic E-state index is 12.4. The van der Waals surface area contributed by atoms with Gasteiger partial charge in [-0.25, -0.2) is 0 Å². The Morgan fingerprint density at radius 2 is 2.22 bits per heavy atom. The first-order valence-electron chi connectivity index (χ1n) is 5.88. The number of carbonyl (C=O) groups is 1. The van der Waals surface area contributed by atoms with E-state index in [1.165, 1.54) is 0 Å². The predicted octanol–water partition coefficient (Wildman–Crippen LogP) is 2.50. The smallest absolute Gasteiger partial charge is 0.255 e. The number of nitrogens with zero attached hydrogens (tertiary/aromatic N) is 1. The summed E-state index contributed by atoms with van der Waals surface area (Å²) in [5.41, 5.74) is 1.56. The van der Waals surface area contributed by atoms with Gasteiger partial charge in [0, 0.05) is 25.7 Å². The van der Waals surface area contributed by atoms with Gasteiger partial charge in [-0.1, -0.05) is 23.7 Å². The maximum absolute atomic E-state index is 12.4. The normalized spacial score (nSPS) is 19.3. The summed E-state index contributed by atoms with van der Waals surface area (Å²) in [5.74, 6) is 0.0349. The summed E-state index contributed by atoms with van der Waals surface area (Å²) in [7, 11) is 0. The molecule has 0 bridgehead atoms. The second-order valence-corrected chi connectivity index (χ2v) is 4.87. The van der Waals surface area contributed by atoms with Crippen molar-refractivity contribution in [1.29, 1.82) is 0 Å². The minimum absolute atomic E-state index is 0. The molecule has 1 aromatic rings. The van der Waals surface area contributed by atoms with E-state index in [-0.39, 0.29) is 24.4 Å². The molecule has 3 nitrogen and oxygen atoms in total. The largest absolute Gasteiger partial charge is 0.333 e. The van der Waals surface area contributed by atoms with Crippen LogP contribution in [-0.2, 0) is 0 Å². The van der Waals surface area contributed by atoms with Crippen LogP contribution in [0.3, 0.4) is 0 Å². The highest BCUT2D eigenvalue weighted by atomic mass is 35.5. The highest BCUT2D eigenvalue weighted by Crippen LogP contribution is 2.22. The van der Waals surface area contributed by atoms with Crippen molar-refractivity contribution in [2.75, 3.05) is 19.6 Å². The summed E-state index contributed by atoms with van der Waals surface area (Å²) in [6.45, 7) is 6.40. The molecule has 1 aliphatic rings. The van der Waals surface area contributed by atoms with E-state index in [0.29, 0.717) is 10.6 Å². The van der Waals surface area contributed by atoms with Crippen molar-refractivity contribution in [3.8, 4) is 0 Å². The fourth-order valence-corrected chi connectivity index (χ4v) is 2.32. The van der Waals surface area contributed by atoms with Crippen molar-refractivity contribution in [3.05, 3.63) is 34.3 Å². The molecule has 1 unspecified atom stereocenters. The van der Waals surface area contributed by atoms with Crippen LogP contribution in [0.5, 0.6) is 0 Å². The first-order chi connectivity index (χ1) is 8.11. The number of carbonyl (C=O) groups excluding carboxylic acids is 1. The molecule has 0 saturated carbocycles. The Morgan fingerprint density at radius 1 is 1.50 bits per heavy atom. The van der Waals surface area contributed by atoms with Crippen molar-refractivity contribution < 1.29 is 4.79 Å². The highest BCUT2D eigenvalue weighted by Gasteiger charge is 2.25. The van der Waals surface area contributed by atoms with Crippen LogP contribution >= 0.6 is 24.0 Å². The van der Waals surface area contributed by atoms with Crippen molar-refractivity contribution in [2.45, 2.75) is 19.9 Å². The summed E-state index contributed by atoms with van der Waals surface area (Å²) in [6.07, 6.45) is 0. The van der Waals surface area contributed by atoms with E-state index < -0.39 is 0 Å². The van der Waals surface area contributed by atoms with Crippen LogP contribution < -0.4 is 5.32 Å². The molecule has 100 valence electrons. The third kappa shape index (κ3) is 2.97. The summed E-state index contributed by atoms with van der Waals surface area (Å²) in [6, 6.07) is 5.81. The number of aryl methyl sites for hydroxylation is 1. The standard InChI is InChI=1S/C13H17ClN2O.ClH/c1-9-4-3-5-11(12(9)14)13(17)16-7-6-15-8-10(16)2;/h3-5,10,15H,6-8H2,1-2H3;1H. The first-order valence-corrected chi connectivity index (χ1v) is 6.26. The van der Waals surface area contributed by atoms with Gasteiger partial charge in [0.2, 0.25) is 0 Å². The molecular formula is C13H18Cl2N2O. The van der Waals surface area contributed by atoms with E-state index >= 15 is 0 Å². The average Bonchev–Trinajstić information content (AvgIpc) is 2.32. The molecule has 5 heteroatoms. The van der Waals surface area contributed by atoms with Gasteiger partial charge in [-0.15, -0.1) is 12.4 Å². The Kier molecular flexibility index (Phi) is 5.45. The Labute approximate surface area is 119 Å². The number of nitrogens with one attached hydrogen (secondary N) is 1. The molecule has 18 heavy (non-hydrogen) atoms. The van der Waals surface area contributed by atoms with Gasteiger partial charge in [0.05, 0.1) is 10.6 Å². The molecule has 0 aliphatic carbocycles. The Balaban J connectivity index is 0.00000162. The Bertz CT molecular complexity index is 437. The molecule has 1 amide bonds. The van der Waals surface area contributed by atoms with Crippen molar-refractivity contribution in [2.24, 2.45) is 0 Å². The van der Waals surface area contributed by atoms with Gasteiger partial charge in [0.1, 0.15) is 0 Å². The quantitative estimate of drug-likeness (QED) is 0.861. The van der Waals surface area contributed by atoms with Crippen molar-refractivity contribution >= 4 is 29.9 Å². The van der Waals surface area contributed by atoms with E-state index in [4.69, 9.17) is 11.6 Å². The molecule has 1 atom stereocenters. The number of hydrogen-bond donors (Lipinski definition) is 1. The summed E-state index contributed by atoms with van der Waals surface area (Å²) < 4.78 is 0. The summed E-state index contributed by atoms with van der Waals surface area (Å²) in [5, 5.41) is 3.84. The zero-order chi connectivity index (χ0) is 12.4. The van der Waals surface area contributed by atoms with Crippen LogP contribution in [0.4, 0.5) is 0 Å². The van der Waals surface area contributed by atoms with Crippen LogP contribution in [0.15, 0.2) is 18.2 Å². The van der Waals surface area contributed by atoms with Gasteiger partial charge in [-0.3, -0.25) is 4.79 Å². The van der Waals surface area contributed by atoms with Crippen molar-refractivity contribution in [1.82, 2.24) is 10.2 Å². The second-order valence-electron chi connectivity index (χ2n) is 4.49. The van der Waals surface area contributed by atoms with Gasteiger partial charge in [0.15, 0.2) is 0 Å². The lowest BCUT2D eigenvalue weighted by Crippen LogP contribution is -2.52. The monoisotopic (exact) mass is 288 g/mol. The van der Waals surface area contributed by atoms with Gasteiger partial charge < -0.3 is 10.2 Å². The van der Waals surface area contributed by atoms with Crippen LogP contribution in [0.2, 0.25) is 5.02 Å². The lowest BCUT2D eigenvalue weighted by molar-refractivity contribution is 0.0656. The molecule has 1 heterocycles. The molecule has 1 aromatic carbocycles. The zero-order valence-electron chi connectivity index (χ0n) is 10.6. The number of piperazine rings is 1. The molecule has 0 spiro atoms. The minimum Gasteiger partial charge on any atom is -0.333 e. The Morgan fingerprint density at radius 3 is 2.89 bits per heavy atom. The van der Waals surface area contributed by atoms with Crippen LogP contribution in [0.25, 0.3) is 0 Å². The van der Waals surface area contributed by atoms with Crippen LogP contribution in [-0.4, -0.2) is 36.5 Å². The van der Waals surface area contributed by atoms with Crippen molar-refractivity contribution in [3.63, 3.8) is 0 Å². The highest BCUT2D eigenvalue weighted by molar-refractivity contribution is 6.34. The lowest BCUT2D eigenvalue weighted by atomic mass is 10.1. The van der Waals surface area contributed by atoms with E-state index in [1.807, 2.05) is 30.9 Å². The third-order valence-corrected chi connectivity index (χ3v) is 3.69. The SMILES string of the molecule is Cc1cccc(C(=O)N2CCNCC2C)c1Cl.Cl. The molecule has 0 aromatic heterocycles. The summed E-state index contributed by atoms with van der Waals surface area (Å²) in [4.78, 5) is 14.3. The van der Waals surface area contributed by atoms with Gasteiger partial charge >= 0.3 is 0 Å². The van der Waals surface area contributed by atoms with Crippen LogP contribution in [0, 0.1) is 6.92 Å². The van der Waals surface area contributed by atoms with E-state index in [2.05, 4.69) is 5.32 Å². The molecule has 0 radical (unpaired) electrons. The second kappa shape index (κ2) is 6.41. The number of amides is 1. The molecule has 1 fully saturated rings. The average molecular weight is 289 g/mol. The molecule has 1 N–H and O–H groups in total. The molecular weight excluding hydrogens is 271 g/mol. The van der Waals surface area contributed by atoms with Gasteiger partial charge in [-0.2, -0.15) is 0 Å². The number of benzene rings is 1. The molecule has 1 saturated heterocycles. The van der Waals surface area contributed by atoms with Gasteiger partial charge in [-0.05, 0) is 25.5 Å². The fraction of sp³-hybridized carbons (Fsp3) is 0.462. The third-order valence-electron chi connectivity index (χ3n) is 3.18. The minimum atomic E-state index is 0. The zero-order valence-corrected chi connectivity index (χ0v) is 12.1. The molecule has 1 aliphatic heterocycles. The fourth-order valence-electron chi connectivity index (χ4n) is 2.11. The lowest BCUT2D eigenvalue weighted by Gasteiger charge is -2.34. The Hall–Kier alpha value is -0.770. The van der Waals surface area contributed by atoms with E-state index in [0.717, 1.165) is 25.2 Å². The maximum Gasteiger partial charge on any atom is 0.255 e. The predicted molar refractivity (Wildman–Crippen MR) is 76.8 cm³/mol. The summed E-state index contributed by atoms with van der Waals surface area (Å²) >= 11 is 6.19. The van der Waals surface area contributed by atoms with E-state index in [1.54, 1.807) is 6.07 Å². The topological polar surface area (TPSA) is 32.3 Å². The van der Waals surface area contributed by atoms with Crippen LogP contribution in [0.1, 0.15) is 22.8 Å². The van der Waals surface area contributed by atoms with E-state index in [9.17, 15) is 4.79 Å². The van der Waals surface area contributed by atoms with Gasteiger partial charge in [0.25, 0.3) is 5.91 Å². The number of hydrogen-bond acceptors (Lipinski definition) is 2. The first kappa shape index (κ1) is 15.3.